The molecule has 0 radical (unpaired) electrons. The normalized spacial score (nSPS) is 15.8. The molecule has 0 N–H and O–H groups in total. The molecular formula is C19H17ClN2O3S. The summed E-state index contributed by atoms with van der Waals surface area (Å²) in [5.41, 5.74) is 1.53. The maximum Gasteiger partial charge on any atom is 0.243 e. The molecule has 26 heavy (non-hydrogen) atoms. The van der Waals surface area contributed by atoms with E-state index in [1.807, 2.05) is 30.3 Å². The van der Waals surface area contributed by atoms with E-state index in [1.54, 1.807) is 25.1 Å². The number of halogens is 1. The fourth-order valence-corrected chi connectivity index (χ4v) is 4.94. The van der Waals surface area contributed by atoms with Gasteiger partial charge in [0.2, 0.25) is 15.9 Å². The van der Waals surface area contributed by atoms with Gasteiger partial charge in [0.05, 0.1) is 23.5 Å². The molecular weight excluding hydrogens is 372 g/mol. The fraction of sp³-hybridized carbons (Fsp3) is 0.211. The van der Waals surface area contributed by atoms with E-state index in [0.29, 0.717) is 29.6 Å². The van der Waals surface area contributed by atoms with Crippen LogP contribution in [0, 0.1) is 6.92 Å². The number of para-hydroxylation sites is 1. The van der Waals surface area contributed by atoms with Crippen molar-refractivity contribution < 1.29 is 13.2 Å². The minimum absolute atomic E-state index is 0.210. The Morgan fingerprint density at radius 2 is 1.88 bits per heavy atom. The van der Waals surface area contributed by atoms with Crippen LogP contribution in [0.1, 0.15) is 5.56 Å². The van der Waals surface area contributed by atoms with Crippen LogP contribution in [-0.4, -0.2) is 36.9 Å². The summed E-state index contributed by atoms with van der Waals surface area (Å²) in [6, 6.07) is 16.4. The van der Waals surface area contributed by atoms with Gasteiger partial charge in [-0.2, -0.15) is 4.31 Å². The maximum atomic E-state index is 12.8. The number of fused-ring (bicyclic) bond motifs is 1. The van der Waals surface area contributed by atoms with Gasteiger partial charge >= 0.3 is 0 Å². The summed E-state index contributed by atoms with van der Waals surface area (Å²) in [7, 11) is -3.57. The molecule has 1 fully saturated rings. The van der Waals surface area contributed by atoms with Gasteiger partial charge in [-0.25, -0.2) is 13.4 Å². The highest BCUT2D eigenvalue weighted by Crippen LogP contribution is 2.28. The number of nitrogens with zero attached hydrogens (tertiary/aromatic N) is 2. The summed E-state index contributed by atoms with van der Waals surface area (Å²) in [5, 5.41) is 1.44. The van der Waals surface area contributed by atoms with Crippen molar-refractivity contribution in [3.05, 3.63) is 65.2 Å². The van der Waals surface area contributed by atoms with Crippen LogP contribution < -0.4 is 4.74 Å². The molecule has 5 nitrogen and oxygen atoms in total. The molecule has 0 spiro atoms. The van der Waals surface area contributed by atoms with E-state index in [2.05, 4.69) is 4.98 Å². The van der Waals surface area contributed by atoms with Crippen molar-refractivity contribution in [3.8, 4) is 5.88 Å². The number of pyridine rings is 1. The van der Waals surface area contributed by atoms with Gasteiger partial charge in [-0.05, 0) is 36.8 Å². The van der Waals surface area contributed by atoms with E-state index < -0.39 is 10.0 Å². The third kappa shape index (κ3) is 3.16. The van der Waals surface area contributed by atoms with Gasteiger partial charge in [-0.15, -0.1) is 0 Å². The first-order valence-corrected chi connectivity index (χ1v) is 10.0. The Bertz CT molecular complexity index is 1080. The van der Waals surface area contributed by atoms with Crippen LogP contribution in [0.2, 0.25) is 5.02 Å². The number of sulfonamides is 1. The molecule has 1 aliphatic rings. The molecule has 1 aliphatic heterocycles. The van der Waals surface area contributed by atoms with Crippen molar-refractivity contribution in [2.75, 3.05) is 13.1 Å². The predicted octanol–water partition coefficient (Wildman–Crippen LogP) is 3.65. The van der Waals surface area contributed by atoms with Crippen molar-refractivity contribution in [3.63, 3.8) is 0 Å². The number of rotatable bonds is 4. The number of ether oxygens (including phenoxy) is 1. The van der Waals surface area contributed by atoms with Crippen LogP contribution in [0.25, 0.3) is 10.9 Å². The van der Waals surface area contributed by atoms with E-state index >= 15 is 0 Å². The lowest BCUT2D eigenvalue weighted by Gasteiger charge is -2.37. The molecule has 3 aromatic rings. The van der Waals surface area contributed by atoms with E-state index in [4.69, 9.17) is 16.3 Å². The topological polar surface area (TPSA) is 59.5 Å². The van der Waals surface area contributed by atoms with Crippen LogP contribution >= 0.6 is 11.6 Å². The van der Waals surface area contributed by atoms with E-state index in [9.17, 15) is 8.42 Å². The Kier molecular flexibility index (Phi) is 4.34. The lowest BCUT2D eigenvalue weighted by molar-refractivity contribution is 0.0724. The van der Waals surface area contributed by atoms with Gasteiger partial charge < -0.3 is 4.74 Å². The van der Waals surface area contributed by atoms with Crippen molar-refractivity contribution in [2.24, 2.45) is 0 Å². The first kappa shape index (κ1) is 17.3. The monoisotopic (exact) mass is 388 g/mol. The maximum absolute atomic E-state index is 12.8. The lowest BCUT2D eigenvalue weighted by atomic mass is 10.2. The molecule has 1 aromatic heterocycles. The van der Waals surface area contributed by atoms with Crippen LogP contribution in [0.15, 0.2) is 59.5 Å². The third-order valence-corrected chi connectivity index (χ3v) is 6.65. The highest BCUT2D eigenvalue weighted by atomic mass is 35.5. The van der Waals surface area contributed by atoms with Gasteiger partial charge in [0.1, 0.15) is 6.10 Å². The Hall–Kier alpha value is -2.15. The number of hydrogen-bond acceptors (Lipinski definition) is 4. The first-order valence-electron chi connectivity index (χ1n) is 8.22. The van der Waals surface area contributed by atoms with Crippen LogP contribution in [0.4, 0.5) is 0 Å². The molecule has 0 bridgehead atoms. The standard InChI is InChI=1S/C19H17ClN2O3S/c1-13-6-8-15(20)10-18(13)26(23,24)22-11-16(12-22)25-19-9-7-14-4-2-3-5-17(14)21-19/h2-10,16H,11-12H2,1H3. The first-order chi connectivity index (χ1) is 12.4. The zero-order valence-corrected chi connectivity index (χ0v) is 15.7. The van der Waals surface area contributed by atoms with Crippen molar-refractivity contribution >= 4 is 32.5 Å². The fourth-order valence-electron chi connectivity index (χ4n) is 2.95. The smallest absolute Gasteiger partial charge is 0.243 e. The number of aryl methyl sites for hydroxylation is 1. The van der Waals surface area contributed by atoms with Crippen molar-refractivity contribution in [1.29, 1.82) is 0 Å². The highest BCUT2D eigenvalue weighted by Gasteiger charge is 2.39. The Morgan fingerprint density at radius 1 is 1.12 bits per heavy atom. The predicted molar refractivity (Wildman–Crippen MR) is 101 cm³/mol. The summed E-state index contributed by atoms with van der Waals surface area (Å²) < 4.78 is 32.7. The molecule has 1 saturated heterocycles. The second-order valence-electron chi connectivity index (χ2n) is 6.31. The number of benzene rings is 2. The molecule has 0 aliphatic carbocycles. The van der Waals surface area contributed by atoms with Crippen molar-refractivity contribution in [1.82, 2.24) is 9.29 Å². The Balaban J connectivity index is 1.46. The second kappa shape index (κ2) is 6.54. The van der Waals surface area contributed by atoms with Gasteiger partial charge in [-0.1, -0.05) is 35.9 Å². The van der Waals surface area contributed by atoms with Crippen molar-refractivity contribution in [2.45, 2.75) is 17.9 Å². The summed E-state index contributed by atoms with van der Waals surface area (Å²) in [6.07, 6.45) is -0.210. The minimum atomic E-state index is -3.57. The highest BCUT2D eigenvalue weighted by molar-refractivity contribution is 7.89. The molecule has 0 amide bonds. The second-order valence-corrected chi connectivity index (χ2v) is 8.66. The Labute approximate surface area is 157 Å². The summed E-state index contributed by atoms with van der Waals surface area (Å²) in [5.74, 6) is 0.504. The minimum Gasteiger partial charge on any atom is -0.472 e. The number of aromatic nitrogens is 1. The van der Waals surface area contributed by atoms with Crippen LogP contribution in [-0.2, 0) is 10.0 Å². The molecule has 7 heteroatoms. The molecule has 134 valence electrons. The van der Waals surface area contributed by atoms with Crippen LogP contribution in [0.3, 0.4) is 0 Å². The van der Waals surface area contributed by atoms with Crippen LogP contribution in [0.5, 0.6) is 5.88 Å². The lowest BCUT2D eigenvalue weighted by Crippen LogP contribution is -2.56. The molecule has 2 heterocycles. The number of hydrogen-bond donors (Lipinski definition) is 0. The summed E-state index contributed by atoms with van der Waals surface area (Å²) >= 11 is 5.96. The molecule has 2 aromatic carbocycles. The molecule has 4 rings (SSSR count). The zero-order chi connectivity index (χ0) is 18.3. The zero-order valence-electron chi connectivity index (χ0n) is 14.1. The van der Waals surface area contributed by atoms with E-state index in [1.165, 1.54) is 10.4 Å². The van der Waals surface area contributed by atoms with E-state index in [-0.39, 0.29) is 11.0 Å². The average molecular weight is 389 g/mol. The molecule has 0 saturated carbocycles. The van der Waals surface area contributed by atoms with Gasteiger partial charge in [0, 0.05) is 16.5 Å². The SMILES string of the molecule is Cc1ccc(Cl)cc1S(=O)(=O)N1CC(Oc2ccc3ccccc3n2)C1. The quantitative estimate of drug-likeness (QED) is 0.684. The van der Waals surface area contributed by atoms with Gasteiger partial charge in [0.15, 0.2) is 0 Å². The Morgan fingerprint density at radius 3 is 2.69 bits per heavy atom. The molecule has 0 unspecified atom stereocenters. The molecule has 0 atom stereocenters. The average Bonchev–Trinajstić information content (AvgIpc) is 2.59. The largest absolute Gasteiger partial charge is 0.472 e. The summed E-state index contributed by atoms with van der Waals surface area (Å²) in [4.78, 5) is 4.70. The van der Waals surface area contributed by atoms with E-state index in [0.717, 1.165) is 10.9 Å². The third-order valence-electron chi connectivity index (χ3n) is 4.44. The van der Waals surface area contributed by atoms with Gasteiger partial charge in [0.25, 0.3) is 0 Å². The summed E-state index contributed by atoms with van der Waals surface area (Å²) in [6.45, 7) is 2.35. The van der Waals surface area contributed by atoms with Gasteiger partial charge in [-0.3, -0.25) is 0 Å².